The van der Waals surface area contributed by atoms with Gasteiger partial charge in [-0.2, -0.15) is 0 Å². The van der Waals surface area contributed by atoms with Gasteiger partial charge in [0.05, 0.1) is 12.9 Å². The van der Waals surface area contributed by atoms with Crippen LogP contribution in [-0.4, -0.2) is 31.4 Å². The van der Waals surface area contributed by atoms with Crippen molar-refractivity contribution < 1.29 is 9.84 Å². The van der Waals surface area contributed by atoms with Gasteiger partial charge in [0, 0.05) is 44.5 Å². The quantitative estimate of drug-likeness (QED) is 0.670. The molecule has 0 saturated heterocycles. The Morgan fingerprint density at radius 2 is 1.94 bits per heavy atom. The third-order valence-corrected chi connectivity index (χ3v) is 8.73. The molecule has 0 aromatic heterocycles. The smallest absolute Gasteiger partial charge is 0.131 e. The highest BCUT2D eigenvalue weighted by Crippen LogP contribution is 2.66. The highest BCUT2D eigenvalue weighted by atomic mass is 16.5. The molecule has 2 unspecified atom stereocenters. The number of benzene rings is 1. The van der Waals surface area contributed by atoms with Crippen LogP contribution < -0.4 is 4.90 Å². The van der Waals surface area contributed by atoms with Gasteiger partial charge in [0.1, 0.15) is 5.60 Å². The molecule has 3 aliphatic carbocycles. The molecule has 163 valence electrons. The third-order valence-electron chi connectivity index (χ3n) is 8.73. The van der Waals surface area contributed by atoms with Crippen molar-refractivity contribution in [2.75, 3.05) is 25.6 Å². The lowest BCUT2D eigenvalue weighted by Crippen LogP contribution is -2.51. The summed E-state index contributed by atoms with van der Waals surface area (Å²) in [5.74, 6) is 7.26. The molecule has 5 atom stereocenters. The number of allylic oxidation sites excluding steroid dienone is 2. The fourth-order valence-electron chi connectivity index (χ4n) is 7.10. The standard InChI is InChI=1S/C28H34NO2/c1-5-14-28(30)15-12-25-23-11-8-20-18-31-16-13-22(20)26(23)24(17-27(25,28)2)19-6-9-21(10-7-19)29(3)4/h6-7,9-10,18,23-25,30H,1,8,11-13,15-17H2,2-4H3/t23?,24-,25?,27+,28+/m1/s1. The van der Waals surface area contributed by atoms with Gasteiger partial charge < -0.3 is 14.7 Å². The minimum Gasteiger partial charge on any atom is -0.501 e. The van der Waals surface area contributed by atoms with Crippen LogP contribution in [0.4, 0.5) is 5.69 Å². The maximum atomic E-state index is 11.7. The molecular weight excluding hydrogens is 382 g/mol. The highest BCUT2D eigenvalue weighted by Gasteiger charge is 2.62. The van der Waals surface area contributed by atoms with Crippen LogP contribution in [0.15, 0.2) is 47.2 Å². The first kappa shape index (κ1) is 20.7. The lowest BCUT2D eigenvalue weighted by Gasteiger charge is -2.53. The summed E-state index contributed by atoms with van der Waals surface area (Å²) in [7, 11) is 4.16. The predicted molar refractivity (Wildman–Crippen MR) is 125 cm³/mol. The predicted octanol–water partition coefficient (Wildman–Crippen LogP) is 5.24. The van der Waals surface area contributed by atoms with Gasteiger partial charge in [0.15, 0.2) is 0 Å². The average Bonchev–Trinajstić information content (AvgIpc) is 3.03. The van der Waals surface area contributed by atoms with E-state index in [-0.39, 0.29) is 5.41 Å². The zero-order valence-electron chi connectivity index (χ0n) is 19.1. The number of aliphatic hydroxyl groups is 1. The first-order chi connectivity index (χ1) is 14.9. The number of fused-ring (bicyclic) bond motifs is 4. The molecule has 1 N–H and O–H groups in total. The first-order valence-electron chi connectivity index (χ1n) is 11.7. The lowest BCUT2D eigenvalue weighted by molar-refractivity contribution is -0.0514. The highest BCUT2D eigenvalue weighted by molar-refractivity contribution is 5.52. The van der Waals surface area contributed by atoms with Gasteiger partial charge in [-0.15, -0.1) is 0 Å². The van der Waals surface area contributed by atoms with Crippen LogP contribution in [0.2, 0.25) is 0 Å². The van der Waals surface area contributed by atoms with E-state index in [1.165, 1.54) is 16.8 Å². The number of ether oxygens (including phenoxy) is 1. The Kier molecular flexibility index (Phi) is 4.98. The maximum Gasteiger partial charge on any atom is 0.131 e. The largest absolute Gasteiger partial charge is 0.501 e. The van der Waals surface area contributed by atoms with Crippen LogP contribution >= 0.6 is 0 Å². The van der Waals surface area contributed by atoms with Crippen LogP contribution in [0.5, 0.6) is 0 Å². The molecule has 1 heterocycles. The zero-order chi connectivity index (χ0) is 21.8. The SMILES string of the molecule is [CH2]C#C[C@]1(O)CCC2C3CCC4=COCCC4=C3[C@@H](c3ccc(N(C)C)cc3)C[C@@]21C. The fraction of sp³-hybridized carbons (Fsp3) is 0.536. The number of hydrogen-bond acceptors (Lipinski definition) is 3. The van der Waals surface area contributed by atoms with Gasteiger partial charge in [-0.3, -0.25) is 0 Å². The molecule has 0 bridgehead atoms. The molecule has 1 aliphatic heterocycles. The fourth-order valence-corrected chi connectivity index (χ4v) is 7.10. The summed E-state index contributed by atoms with van der Waals surface area (Å²) in [6.45, 7) is 6.82. The molecule has 5 rings (SSSR count). The molecule has 0 spiro atoms. The third kappa shape index (κ3) is 3.06. The van der Waals surface area contributed by atoms with Gasteiger partial charge in [0.2, 0.25) is 0 Å². The van der Waals surface area contributed by atoms with Crippen molar-refractivity contribution in [2.24, 2.45) is 17.3 Å². The van der Waals surface area contributed by atoms with Crippen molar-refractivity contribution in [1.82, 2.24) is 0 Å². The summed E-state index contributed by atoms with van der Waals surface area (Å²) < 4.78 is 5.71. The number of nitrogens with zero attached hydrogens (tertiary/aromatic N) is 1. The van der Waals surface area contributed by atoms with E-state index in [0.717, 1.165) is 45.1 Å². The van der Waals surface area contributed by atoms with E-state index in [1.54, 1.807) is 11.1 Å². The van der Waals surface area contributed by atoms with Crippen LogP contribution in [0.25, 0.3) is 0 Å². The summed E-state index contributed by atoms with van der Waals surface area (Å²) in [6.07, 6.45) is 8.00. The van der Waals surface area contributed by atoms with Crippen LogP contribution in [0.1, 0.15) is 56.9 Å². The molecule has 3 heteroatoms. The van der Waals surface area contributed by atoms with Crippen molar-refractivity contribution in [3.05, 3.63) is 59.7 Å². The van der Waals surface area contributed by atoms with Crippen molar-refractivity contribution >= 4 is 5.69 Å². The van der Waals surface area contributed by atoms with Gasteiger partial charge in [-0.1, -0.05) is 36.5 Å². The Morgan fingerprint density at radius 1 is 1.16 bits per heavy atom. The molecule has 4 aliphatic rings. The number of hydrogen-bond donors (Lipinski definition) is 1. The summed E-state index contributed by atoms with van der Waals surface area (Å²) in [5, 5.41) is 11.7. The molecule has 2 fully saturated rings. The minimum atomic E-state index is -0.941. The topological polar surface area (TPSA) is 32.7 Å². The van der Waals surface area contributed by atoms with E-state index in [4.69, 9.17) is 4.74 Å². The number of rotatable bonds is 2. The average molecular weight is 417 g/mol. The van der Waals surface area contributed by atoms with Crippen LogP contribution in [0.3, 0.4) is 0 Å². The summed E-state index contributed by atoms with van der Waals surface area (Å²) in [4.78, 5) is 2.15. The van der Waals surface area contributed by atoms with Gasteiger partial charge in [-0.25, -0.2) is 0 Å². The Balaban J connectivity index is 1.66. The van der Waals surface area contributed by atoms with E-state index in [9.17, 15) is 5.11 Å². The Bertz CT molecular complexity index is 992. The molecule has 3 nitrogen and oxygen atoms in total. The van der Waals surface area contributed by atoms with E-state index in [1.807, 2.05) is 6.26 Å². The van der Waals surface area contributed by atoms with E-state index in [0.29, 0.717) is 17.8 Å². The Labute approximate surface area is 187 Å². The summed E-state index contributed by atoms with van der Waals surface area (Å²) in [6, 6.07) is 9.05. The number of anilines is 1. The summed E-state index contributed by atoms with van der Waals surface area (Å²) in [5.41, 5.74) is 6.00. The van der Waals surface area contributed by atoms with Crippen LogP contribution in [-0.2, 0) is 4.74 Å². The molecular formula is C28H34NO2. The Hall–Kier alpha value is -2.18. The second kappa shape index (κ2) is 7.45. The Morgan fingerprint density at radius 3 is 2.65 bits per heavy atom. The van der Waals surface area contributed by atoms with Crippen molar-refractivity contribution in [2.45, 2.75) is 57.0 Å². The lowest BCUT2D eigenvalue weighted by atomic mass is 9.51. The summed E-state index contributed by atoms with van der Waals surface area (Å²) >= 11 is 0. The van der Waals surface area contributed by atoms with Crippen LogP contribution in [0, 0.1) is 36.0 Å². The molecule has 31 heavy (non-hydrogen) atoms. The van der Waals surface area contributed by atoms with E-state index >= 15 is 0 Å². The molecule has 2 saturated carbocycles. The minimum absolute atomic E-state index is 0.219. The molecule has 0 amide bonds. The normalized spacial score (nSPS) is 36.3. The van der Waals surface area contributed by atoms with E-state index in [2.05, 4.69) is 68.9 Å². The van der Waals surface area contributed by atoms with Crippen molar-refractivity contribution in [3.63, 3.8) is 0 Å². The second-order valence-electron chi connectivity index (χ2n) is 10.3. The second-order valence-corrected chi connectivity index (χ2v) is 10.3. The molecule has 1 aromatic rings. The van der Waals surface area contributed by atoms with Gasteiger partial charge in [-0.05, 0) is 72.8 Å². The van der Waals surface area contributed by atoms with Gasteiger partial charge >= 0.3 is 0 Å². The van der Waals surface area contributed by atoms with Gasteiger partial charge in [0.25, 0.3) is 0 Å². The zero-order valence-corrected chi connectivity index (χ0v) is 19.1. The molecule has 1 aromatic carbocycles. The van der Waals surface area contributed by atoms with Crippen molar-refractivity contribution in [1.29, 1.82) is 0 Å². The van der Waals surface area contributed by atoms with E-state index < -0.39 is 5.60 Å². The monoisotopic (exact) mass is 416 g/mol. The molecule has 1 radical (unpaired) electrons. The first-order valence-corrected chi connectivity index (χ1v) is 11.7. The van der Waals surface area contributed by atoms with Crippen molar-refractivity contribution in [3.8, 4) is 11.8 Å². The maximum absolute atomic E-state index is 11.7.